The van der Waals surface area contributed by atoms with Gasteiger partial charge in [-0.05, 0) is 41.3 Å². The fourth-order valence-corrected chi connectivity index (χ4v) is 2.60. The molecule has 4 nitrogen and oxygen atoms in total. The van der Waals surface area contributed by atoms with E-state index in [0.29, 0.717) is 19.4 Å². The number of rotatable bonds is 4. The van der Waals surface area contributed by atoms with E-state index < -0.39 is 0 Å². The Labute approximate surface area is 133 Å². The van der Waals surface area contributed by atoms with Crippen LogP contribution in [0.2, 0.25) is 0 Å². The first-order valence-electron chi connectivity index (χ1n) is 7.53. The minimum absolute atomic E-state index is 0.0299. The van der Waals surface area contributed by atoms with E-state index in [1.165, 1.54) is 12.1 Å². The standard InChI is InChI=1S/C18H17FN2O2/c19-15-5-1-12(2-6-15)11-20-18(23)10-13-3-7-16-14(9-13)4-8-17(22)21-16/h1-3,5-7,9H,4,8,10-11H2,(H,20,23)(H,21,22). The van der Waals surface area contributed by atoms with Crippen LogP contribution in [0.25, 0.3) is 0 Å². The molecular weight excluding hydrogens is 295 g/mol. The topological polar surface area (TPSA) is 58.2 Å². The van der Waals surface area contributed by atoms with Crippen molar-refractivity contribution in [1.29, 1.82) is 0 Å². The van der Waals surface area contributed by atoms with Crippen molar-refractivity contribution in [3.63, 3.8) is 0 Å². The Kier molecular flexibility index (Phi) is 4.37. The Morgan fingerprint density at radius 3 is 2.61 bits per heavy atom. The number of aryl methyl sites for hydroxylation is 1. The van der Waals surface area contributed by atoms with E-state index >= 15 is 0 Å². The Bertz CT molecular complexity index is 741. The van der Waals surface area contributed by atoms with Gasteiger partial charge in [0.05, 0.1) is 6.42 Å². The Morgan fingerprint density at radius 1 is 1.09 bits per heavy atom. The summed E-state index contributed by atoms with van der Waals surface area (Å²) in [5.41, 5.74) is 3.66. The molecule has 1 heterocycles. The minimum atomic E-state index is -0.291. The summed E-state index contributed by atoms with van der Waals surface area (Å²) in [6, 6.07) is 11.7. The van der Waals surface area contributed by atoms with Crippen molar-refractivity contribution in [2.75, 3.05) is 5.32 Å². The largest absolute Gasteiger partial charge is 0.352 e. The molecule has 0 saturated heterocycles. The molecule has 2 aromatic carbocycles. The number of carbonyl (C=O) groups is 2. The maximum absolute atomic E-state index is 12.8. The average molecular weight is 312 g/mol. The van der Waals surface area contributed by atoms with Gasteiger partial charge in [0.15, 0.2) is 0 Å². The SMILES string of the molecule is O=C(Cc1ccc2c(c1)CCC(=O)N2)NCc1ccc(F)cc1. The summed E-state index contributed by atoms with van der Waals surface area (Å²) in [7, 11) is 0. The lowest BCUT2D eigenvalue weighted by Crippen LogP contribution is -2.25. The van der Waals surface area contributed by atoms with Crippen LogP contribution < -0.4 is 10.6 Å². The normalized spacial score (nSPS) is 13.2. The molecule has 0 aromatic heterocycles. The molecule has 23 heavy (non-hydrogen) atoms. The van der Waals surface area contributed by atoms with Gasteiger partial charge in [0.1, 0.15) is 5.82 Å². The molecule has 118 valence electrons. The Balaban J connectivity index is 1.57. The molecule has 0 atom stereocenters. The molecule has 1 aliphatic rings. The number of hydrogen-bond donors (Lipinski definition) is 2. The quantitative estimate of drug-likeness (QED) is 0.911. The third-order valence-corrected chi connectivity index (χ3v) is 3.83. The van der Waals surface area contributed by atoms with E-state index in [9.17, 15) is 14.0 Å². The highest BCUT2D eigenvalue weighted by Gasteiger charge is 2.15. The van der Waals surface area contributed by atoms with E-state index in [4.69, 9.17) is 0 Å². The fraction of sp³-hybridized carbons (Fsp3) is 0.222. The second kappa shape index (κ2) is 6.60. The highest BCUT2D eigenvalue weighted by Crippen LogP contribution is 2.23. The molecule has 0 fully saturated rings. The summed E-state index contributed by atoms with van der Waals surface area (Å²) in [5.74, 6) is -0.349. The van der Waals surface area contributed by atoms with Crippen LogP contribution in [0.15, 0.2) is 42.5 Å². The number of anilines is 1. The molecule has 0 bridgehead atoms. The van der Waals surface area contributed by atoms with E-state index in [1.54, 1.807) is 12.1 Å². The monoisotopic (exact) mass is 312 g/mol. The number of halogens is 1. The predicted octanol–water partition coefficient (Wildman–Crippen LogP) is 2.57. The predicted molar refractivity (Wildman–Crippen MR) is 85.3 cm³/mol. The number of hydrogen-bond acceptors (Lipinski definition) is 2. The van der Waals surface area contributed by atoms with Crippen molar-refractivity contribution >= 4 is 17.5 Å². The van der Waals surface area contributed by atoms with Crippen molar-refractivity contribution in [3.8, 4) is 0 Å². The third kappa shape index (κ3) is 3.94. The molecule has 0 spiro atoms. The zero-order valence-electron chi connectivity index (χ0n) is 12.6. The fourth-order valence-electron chi connectivity index (χ4n) is 2.60. The second-order valence-electron chi connectivity index (χ2n) is 5.62. The molecule has 5 heteroatoms. The maximum Gasteiger partial charge on any atom is 0.224 e. The van der Waals surface area contributed by atoms with Crippen molar-refractivity contribution < 1.29 is 14.0 Å². The van der Waals surface area contributed by atoms with Crippen molar-refractivity contribution in [2.24, 2.45) is 0 Å². The van der Waals surface area contributed by atoms with Crippen LogP contribution in [0, 0.1) is 5.82 Å². The molecule has 3 rings (SSSR count). The smallest absolute Gasteiger partial charge is 0.224 e. The van der Waals surface area contributed by atoms with Gasteiger partial charge in [-0.15, -0.1) is 0 Å². The van der Waals surface area contributed by atoms with Crippen molar-refractivity contribution in [1.82, 2.24) is 5.32 Å². The molecule has 0 unspecified atom stereocenters. The summed E-state index contributed by atoms with van der Waals surface area (Å²) >= 11 is 0. The molecule has 2 N–H and O–H groups in total. The molecule has 0 saturated carbocycles. The zero-order chi connectivity index (χ0) is 16.2. The van der Waals surface area contributed by atoms with Gasteiger partial charge in [-0.25, -0.2) is 4.39 Å². The lowest BCUT2D eigenvalue weighted by Gasteiger charge is -2.17. The second-order valence-corrected chi connectivity index (χ2v) is 5.62. The summed E-state index contributed by atoms with van der Waals surface area (Å²) in [4.78, 5) is 23.3. The van der Waals surface area contributed by atoms with Crippen LogP contribution in [-0.4, -0.2) is 11.8 Å². The number of amides is 2. The van der Waals surface area contributed by atoms with Gasteiger partial charge in [0.25, 0.3) is 0 Å². The van der Waals surface area contributed by atoms with Crippen LogP contribution in [0.1, 0.15) is 23.1 Å². The van der Waals surface area contributed by atoms with Gasteiger partial charge in [0.2, 0.25) is 11.8 Å². The summed E-state index contributed by atoms with van der Waals surface area (Å²) in [5, 5.41) is 5.64. The first-order valence-corrected chi connectivity index (χ1v) is 7.53. The van der Waals surface area contributed by atoms with Gasteiger partial charge in [-0.2, -0.15) is 0 Å². The van der Waals surface area contributed by atoms with Crippen LogP contribution >= 0.6 is 0 Å². The average Bonchev–Trinajstić information content (AvgIpc) is 2.54. The Hall–Kier alpha value is -2.69. The van der Waals surface area contributed by atoms with Crippen LogP contribution in [0.5, 0.6) is 0 Å². The van der Waals surface area contributed by atoms with E-state index in [0.717, 1.165) is 22.4 Å². The van der Waals surface area contributed by atoms with Crippen LogP contribution in [0.4, 0.5) is 10.1 Å². The maximum atomic E-state index is 12.8. The van der Waals surface area contributed by atoms with E-state index in [2.05, 4.69) is 10.6 Å². The number of carbonyl (C=O) groups excluding carboxylic acids is 2. The third-order valence-electron chi connectivity index (χ3n) is 3.83. The van der Waals surface area contributed by atoms with Gasteiger partial charge in [-0.3, -0.25) is 9.59 Å². The zero-order valence-corrected chi connectivity index (χ0v) is 12.6. The van der Waals surface area contributed by atoms with Crippen LogP contribution in [-0.2, 0) is 29.0 Å². The molecule has 0 aliphatic carbocycles. The number of nitrogens with one attached hydrogen (secondary N) is 2. The number of benzene rings is 2. The van der Waals surface area contributed by atoms with Crippen molar-refractivity contribution in [3.05, 3.63) is 65.0 Å². The summed E-state index contributed by atoms with van der Waals surface area (Å²) in [6.45, 7) is 0.375. The van der Waals surface area contributed by atoms with E-state index in [1.807, 2.05) is 18.2 Å². The summed E-state index contributed by atoms with van der Waals surface area (Å²) < 4.78 is 12.8. The van der Waals surface area contributed by atoms with E-state index in [-0.39, 0.29) is 24.1 Å². The van der Waals surface area contributed by atoms with Crippen LogP contribution in [0.3, 0.4) is 0 Å². The van der Waals surface area contributed by atoms with Crippen molar-refractivity contribution in [2.45, 2.75) is 25.8 Å². The minimum Gasteiger partial charge on any atom is -0.352 e. The van der Waals surface area contributed by atoms with Gasteiger partial charge < -0.3 is 10.6 Å². The molecule has 2 amide bonds. The molecule has 0 radical (unpaired) electrons. The highest BCUT2D eigenvalue weighted by molar-refractivity contribution is 5.94. The summed E-state index contributed by atoms with van der Waals surface area (Å²) in [6.07, 6.45) is 1.46. The Morgan fingerprint density at radius 2 is 1.83 bits per heavy atom. The highest BCUT2D eigenvalue weighted by atomic mass is 19.1. The molecular formula is C18H17FN2O2. The first-order chi connectivity index (χ1) is 11.1. The molecule has 2 aromatic rings. The lowest BCUT2D eigenvalue weighted by molar-refractivity contribution is -0.120. The first kappa shape index (κ1) is 15.2. The van der Waals surface area contributed by atoms with Gasteiger partial charge >= 0.3 is 0 Å². The van der Waals surface area contributed by atoms with Gasteiger partial charge in [-0.1, -0.05) is 24.3 Å². The van der Waals surface area contributed by atoms with Gasteiger partial charge in [0, 0.05) is 18.7 Å². The number of fused-ring (bicyclic) bond motifs is 1. The molecule has 1 aliphatic heterocycles. The lowest BCUT2D eigenvalue weighted by atomic mass is 9.99.